The molecule has 0 spiro atoms. The van der Waals surface area contributed by atoms with E-state index in [0.717, 1.165) is 11.8 Å². The van der Waals surface area contributed by atoms with Crippen molar-refractivity contribution < 1.29 is 14.7 Å². The summed E-state index contributed by atoms with van der Waals surface area (Å²) in [6.07, 6.45) is 6.11. The lowest BCUT2D eigenvalue weighted by Crippen LogP contribution is -2.54. The van der Waals surface area contributed by atoms with E-state index in [-0.39, 0.29) is 17.7 Å². The van der Waals surface area contributed by atoms with E-state index in [0.29, 0.717) is 11.8 Å². The zero-order chi connectivity index (χ0) is 14.4. The second-order valence-corrected chi connectivity index (χ2v) is 7.53. The SMILES string of the molecule is CC(C)[C@@H](NC(=O)C1C2CC3CC(C2)CC1C3)C(=O)O. The normalized spacial score (nSPS) is 39.9. The lowest BCUT2D eigenvalue weighted by molar-refractivity contribution is -0.147. The molecule has 4 rings (SSSR count). The third-order valence-corrected chi connectivity index (χ3v) is 5.76. The highest BCUT2D eigenvalue weighted by atomic mass is 16.4. The van der Waals surface area contributed by atoms with Crippen LogP contribution >= 0.6 is 0 Å². The third-order valence-electron chi connectivity index (χ3n) is 5.76. The number of carbonyl (C=O) groups excluding carboxylic acids is 1. The molecule has 112 valence electrons. The molecule has 0 aromatic heterocycles. The average molecular weight is 279 g/mol. The van der Waals surface area contributed by atoms with Crippen LogP contribution in [-0.4, -0.2) is 23.0 Å². The van der Waals surface area contributed by atoms with Crippen LogP contribution in [-0.2, 0) is 9.59 Å². The Morgan fingerprint density at radius 3 is 1.90 bits per heavy atom. The van der Waals surface area contributed by atoms with E-state index in [1.165, 1.54) is 32.1 Å². The summed E-state index contributed by atoms with van der Waals surface area (Å²) < 4.78 is 0. The molecule has 20 heavy (non-hydrogen) atoms. The fourth-order valence-electron chi connectivity index (χ4n) is 5.12. The third kappa shape index (κ3) is 2.33. The average Bonchev–Trinajstić information content (AvgIpc) is 2.33. The number of amides is 1. The van der Waals surface area contributed by atoms with Gasteiger partial charge in [0.1, 0.15) is 6.04 Å². The van der Waals surface area contributed by atoms with Gasteiger partial charge in [-0.2, -0.15) is 0 Å². The molecule has 4 saturated carbocycles. The smallest absolute Gasteiger partial charge is 0.326 e. The van der Waals surface area contributed by atoms with Gasteiger partial charge in [-0.05, 0) is 61.7 Å². The lowest BCUT2D eigenvalue weighted by atomic mass is 9.51. The standard InChI is InChI=1S/C16H25NO3/c1-8(2)14(16(19)20)17-15(18)13-11-4-9-3-10(6-11)7-12(13)5-9/h8-14H,3-7H2,1-2H3,(H,17,18)(H,19,20)/t9?,10?,11?,12?,13?,14-/m1/s1. The molecule has 4 aliphatic carbocycles. The van der Waals surface area contributed by atoms with Gasteiger partial charge in [0.05, 0.1) is 0 Å². The summed E-state index contributed by atoms with van der Waals surface area (Å²) in [5.74, 6) is 1.76. The van der Waals surface area contributed by atoms with Crippen molar-refractivity contribution in [2.45, 2.75) is 52.0 Å². The molecule has 0 aromatic rings. The maximum atomic E-state index is 12.6. The molecule has 1 amide bonds. The lowest BCUT2D eigenvalue weighted by Gasteiger charge is -2.53. The Hall–Kier alpha value is -1.06. The second-order valence-electron chi connectivity index (χ2n) is 7.53. The first-order valence-corrected chi connectivity index (χ1v) is 7.99. The van der Waals surface area contributed by atoms with Gasteiger partial charge in [-0.25, -0.2) is 4.79 Å². The number of carboxylic acid groups (broad SMARTS) is 1. The second kappa shape index (κ2) is 5.05. The van der Waals surface area contributed by atoms with Crippen molar-refractivity contribution in [2.75, 3.05) is 0 Å². The molecule has 0 aliphatic heterocycles. The molecule has 4 aliphatic rings. The van der Waals surface area contributed by atoms with E-state index in [9.17, 15) is 14.7 Å². The highest BCUT2D eigenvalue weighted by molar-refractivity contribution is 5.85. The van der Waals surface area contributed by atoms with Gasteiger partial charge in [0, 0.05) is 5.92 Å². The Labute approximate surface area is 120 Å². The van der Waals surface area contributed by atoms with Gasteiger partial charge in [0.15, 0.2) is 0 Å². The van der Waals surface area contributed by atoms with E-state index in [2.05, 4.69) is 5.32 Å². The molecule has 0 aromatic carbocycles. The largest absolute Gasteiger partial charge is 0.480 e. The van der Waals surface area contributed by atoms with Gasteiger partial charge >= 0.3 is 5.97 Å². The molecule has 0 radical (unpaired) electrons. The van der Waals surface area contributed by atoms with Gasteiger partial charge < -0.3 is 10.4 Å². The summed E-state index contributed by atoms with van der Waals surface area (Å²) in [7, 11) is 0. The molecule has 4 nitrogen and oxygen atoms in total. The first-order chi connectivity index (χ1) is 9.45. The zero-order valence-electron chi connectivity index (χ0n) is 12.3. The molecule has 2 N–H and O–H groups in total. The van der Waals surface area contributed by atoms with Crippen molar-refractivity contribution in [3.63, 3.8) is 0 Å². The fourth-order valence-corrected chi connectivity index (χ4v) is 5.12. The van der Waals surface area contributed by atoms with E-state index in [1.54, 1.807) is 0 Å². The van der Waals surface area contributed by atoms with Crippen LogP contribution < -0.4 is 5.32 Å². The van der Waals surface area contributed by atoms with Crippen molar-refractivity contribution in [3.05, 3.63) is 0 Å². The Kier molecular flexibility index (Phi) is 3.51. The first-order valence-electron chi connectivity index (χ1n) is 7.99. The van der Waals surface area contributed by atoms with Crippen LogP contribution in [0.2, 0.25) is 0 Å². The molecule has 0 heterocycles. The van der Waals surface area contributed by atoms with Crippen molar-refractivity contribution in [1.29, 1.82) is 0 Å². The van der Waals surface area contributed by atoms with Crippen LogP contribution in [0.5, 0.6) is 0 Å². The topological polar surface area (TPSA) is 66.4 Å². The van der Waals surface area contributed by atoms with Crippen LogP contribution in [0.15, 0.2) is 0 Å². The van der Waals surface area contributed by atoms with Crippen molar-refractivity contribution in [2.24, 2.45) is 35.5 Å². The van der Waals surface area contributed by atoms with Crippen LogP contribution in [0.4, 0.5) is 0 Å². The minimum absolute atomic E-state index is 0.0000926. The summed E-state index contributed by atoms with van der Waals surface area (Å²) in [6.45, 7) is 3.69. The van der Waals surface area contributed by atoms with Crippen LogP contribution in [0, 0.1) is 35.5 Å². The maximum absolute atomic E-state index is 12.6. The minimum Gasteiger partial charge on any atom is -0.480 e. The van der Waals surface area contributed by atoms with E-state index >= 15 is 0 Å². The van der Waals surface area contributed by atoms with Crippen molar-refractivity contribution >= 4 is 11.9 Å². The zero-order valence-corrected chi connectivity index (χ0v) is 12.3. The van der Waals surface area contributed by atoms with Crippen LogP contribution in [0.25, 0.3) is 0 Å². The summed E-state index contributed by atoms with van der Waals surface area (Å²) >= 11 is 0. The molecule has 4 bridgehead atoms. The molecule has 1 atom stereocenters. The Balaban J connectivity index is 1.70. The predicted molar refractivity (Wildman–Crippen MR) is 74.9 cm³/mol. The number of hydrogen-bond donors (Lipinski definition) is 2. The predicted octanol–water partition coefficient (Wildman–Crippen LogP) is 2.28. The highest BCUT2D eigenvalue weighted by Crippen LogP contribution is 2.56. The number of carbonyl (C=O) groups is 2. The molecule has 4 heteroatoms. The minimum atomic E-state index is -0.919. The number of rotatable bonds is 4. The summed E-state index contributed by atoms with van der Waals surface area (Å²) in [5.41, 5.74) is 0. The summed E-state index contributed by atoms with van der Waals surface area (Å²) in [4.78, 5) is 23.8. The molecule has 0 saturated heterocycles. The maximum Gasteiger partial charge on any atom is 0.326 e. The quantitative estimate of drug-likeness (QED) is 0.829. The van der Waals surface area contributed by atoms with Crippen LogP contribution in [0.3, 0.4) is 0 Å². The number of nitrogens with one attached hydrogen (secondary N) is 1. The summed E-state index contributed by atoms with van der Waals surface area (Å²) in [5, 5.41) is 12.0. The Bertz CT molecular complexity index is 390. The Morgan fingerprint density at radius 2 is 1.50 bits per heavy atom. The van der Waals surface area contributed by atoms with E-state index in [4.69, 9.17) is 0 Å². The molecular weight excluding hydrogens is 254 g/mol. The highest BCUT2D eigenvalue weighted by Gasteiger charge is 2.51. The van der Waals surface area contributed by atoms with Gasteiger partial charge in [-0.15, -0.1) is 0 Å². The summed E-state index contributed by atoms with van der Waals surface area (Å²) in [6, 6.07) is -0.750. The monoisotopic (exact) mass is 279 g/mol. The van der Waals surface area contributed by atoms with Crippen molar-refractivity contribution in [3.8, 4) is 0 Å². The molecule has 0 unspecified atom stereocenters. The van der Waals surface area contributed by atoms with Gasteiger partial charge in [-0.1, -0.05) is 13.8 Å². The van der Waals surface area contributed by atoms with Gasteiger partial charge in [0.2, 0.25) is 5.91 Å². The van der Waals surface area contributed by atoms with E-state index in [1.807, 2.05) is 13.8 Å². The number of aliphatic carboxylic acids is 1. The van der Waals surface area contributed by atoms with E-state index < -0.39 is 12.0 Å². The fraction of sp³-hybridized carbons (Fsp3) is 0.875. The van der Waals surface area contributed by atoms with Gasteiger partial charge in [0.25, 0.3) is 0 Å². The first kappa shape index (κ1) is 13.9. The molecular formula is C16H25NO3. The van der Waals surface area contributed by atoms with Crippen LogP contribution in [0.1, 0.15) is 46.0 Å². The van der Waals surface area contributed by atoms with Crippen molar-refractivity contribution in [1.82, 2.24) is 5.32 Å². The number of hydrogen-bond acceptors (Lipinski definition) is 2. The number of carboxylic acids is 1. The van der Waals surface area contributed by atoms with Gasteiger partial charge in [-0.3, -0.25) is 4.79 Å². The Morgan fingerprint density at radius 1 is 1.00 bits per heavy atom. The molecule has 4 fully saturated rings.